The highest BCUT2D eigenvalue weighted by molar-refractivity contribution is 9.10. The van der Waals surface area contributed by atoms with E-state index >= 15 is 0 Å². The Morgan fingerprint density at radius 1 is 1.10 bits per heavy atom. The first-order chi connectivity index (χ1) is 10.1. The number of halogens is 1. The van der Waals surface area contributed by atoms with Gasteiger partial charge in [-0.2, -0.15) is 0 Å². The minimum absolute atomic E-state index is 0.0239. The molecule has 0 unspecified atom stereocenters. The fourth-order valence-electron chi connectivity index (χ4n) is 1.67. The molecule has 0 aliphatic rings. The Hall–Kier alpha value is -2.34. The van der Waals surface area contributed by atoms with E-state index < -0.39 is 5.91 Å². The number of para-hydroxylation sites is 2. The van der Waals surface area contributed by atoms with Gasteiger partial charge in [-0.25, -0.2) is 0 Å². The number of rotatable bonds is 4. The minimum Gasteiger partial charge on any atom is -0.506 e. The molecule has 0 saturated carbocycles. The molecule has 108 valence electrons. The van der Waals surface area contributed by atoms with Crippen molar-refractivity contribution in [3.05, 3.63) is 58.6 Å². The summed E-state index contributed by atoms with van der Waals surface area (Å²) < 4.78 is 0.786. The lowest BCUT2D eigenvalue weighted by Crippen LogP contribution is -2.32. The third-order valence-corrected chi connectivity index (χ3v) is 3.17. The maximum Gasteiger partial charge on any atom is 0.251 e. The van der Waals surface area contributed by atoms with Crippen LogP contribution in [0, 0.1) is 0 Å². The van der Waals surface area contributed by atoms with Crippen molar-refractivity contribution in [2.45, 2.75) is 0 Å². The van der Waals surface area contributed by atoms with Gasteiger partial charge in [0.1, 0.15) is 5.75 Å². The van der Waals surface area contributed by atoms with Gasteiger partial charge in [-0.05, 0) is 30.3 Å². The summed E-state index contributed by atoms with van der Waals surface area (Å²) in [6, 6.07) is 13.2. The second-order valence-electron chi connectivity index (χ2n) is 4.26. The van der Waals surface area contributed by atoms with Gasteiger partial charge < -0.3 is 15.7 Å². The molecule has 5 nitrogen and oxygen atoms in total. The topological polar surface area (TPSA) is 78.4 Å². The normalized spacial score (nSPS) is 9.95. The smallest absolute Gasteiger partial charge is 0.251 e. The molecule has 0 spiro atoms. The van der Waals surface area contributed by atoms with Gasteiger partial charge in [0.15, 0.2) is 0 Å². The van der Waals surface area contributed by atoms with Crippen molar-refractivity contribution in [1.82, 2.24) is 5.32 Å². The van der Waals surface area contributed by atoms with E-state index in [-0.39, 0.29) is 18.2 Å². The lowest BCUT2D eigenvalue weighted by Gasteiger charge is -2.08. The fourth-order valence-corrected chi connectivity index (χ4v) is 2.07. The van der Waals surface area contributed by atoms with Crippen LogP contribution in [-0.4, -0.2) is 23.5 Å². The van der Waals surface area contributed by atoms with E-state index in [1.165, 1.54) is 6.07 Å². The van der Waals surface area contributed by atoms with Crippen LogP contribution in [0.1, 0.15) is 10.4 Å². The maximum absolute atomic E-state index is 11.9. The first kappa shape index (κ1) is 15.1. The predicted octanol–water partition coefficient (Wildman–Crippen LogP) is 2.52. The molecule has 2 amide bonds. The van der Waals surface area contributed by atoms with Crippen LogP contribution < -0.4 is 10.6 Å². The Morgan fingerprint density at radius 3 is 2.57 bits per heavy atom. The van der Waals surface area contributed by atoms with E-state index in [1.807, 2.05) is 6.07 Å². The number of benzene rings is 2. The van der Waals surface area contributed by atoms with Gasteiger partial charge >= 0.3 is 0 Å². The van der Waals surface area contributed by atoms with Gasteiger partial charge in [0.2, 0.25) is 5.91 Å². The number of carbonyl (C=O) groups excluding carboxylic acids is 2. The zero-order valence-corrected chi connectivity index (χ0v) is 12.6. The van der Waals surface area contributed by atoms with Gasteiger partial charge in [-0.3, -0.25) is 9.59 Å². The number of hydrogen-bond donors (Lipinski definition) is 3. The van der Waals surface area contributed by atoms with Crippen molar-refractivity contribution in [3.63, 3.8) is 0 Å². The standard InChI is InChI=1S/C15H13BrN2O3/c16-11-5-3-4-10(8-11)15(21)17-9-14(20)18-12-6-1-2-7-13(12)19/h1-8,19H,9H2,(H,17,21)(H,18,20). The molecule has 2 rings (SSSR count). The molecule has 0 bridgehead atoms. The molecular weight excluding hydrogens is 336 g/mol. The van der Waals surface area contributed by atoms with Crippen molar-refractivity contribution < 1.29 is 14.7 Å². The van der Waals surface area contributed by atoms with E-state index in [2.05, 4.69) is 26.6 Å². The molecule has 2 aromatic carbocycles. The second-order valence-corrected chi connectivity index (χ2v) is 5.17. The number of carbonyl (C=O) groups is 2. The molecule has 0 radical (unpaired) electrons. The van der Waals surface area contributed by atoms with Crippen LogP contribution in [0.15, 0.2) is 53.0 Å². The Kier molecular flexibility index (Phi) is 4.94. The van der Waals surface area contributed by atoms with Crippen molar-refractivity contribution in [1.29, 1.82) is 0 Å². The Bertz CT molecular complexity index is 673. The van der Waals surface area contributed by atoms with E-state index in [9.17, 15) is 14.7 Å². The highest BCUT2D eigenvalue weighted by Gasteiger charge is 2.09. The number of phenolic OH excluding ortho intramolecular Hbond substituents is 1. The summed E-state index contributed by atoms with van der Waals surface area (Å²) in [6.07, 6.45) is 0. The van der Waals surface area contributed by atoms with Crippen molar-refractivity contribution in [3.8, 4) is 5.75 Å². The molecule has 0 aromatic heterocycles. The van der Waals surface area contributed by atoms with Gasteiger partial charge in [-0.1, -0.05) is 34.1 Å². The number of hydrogen-bond acceptors (Lipinski definition) is 3. The molecule has 0 aliphatic carbocycles. The van der Waals surface area contributed by atoms with E-state index in [4.69, 9.17) is 0 Å². The molecule has 0 atom stereocenters. The minimum atomic E-state index is -0.417. The SMILES string of the molecule is O=C(CNC(=O)c1cccc(Br)c1)Nc1ccccc1O. The fraction of sp³-hybridized carbons (Fsp3) is 0.0667. The van der Waals surface area contributed by atoms with Crippen LogP contribution >= 0.6 is 15.9 Å². The van der Waals surface area contributed by atoms with Gasteiger partial charge in [-0.15, -0.1) is 0 Å². The van der Waals surface area contributed by atoms with Crippen LogP contribution in [0.25, 0.3) is 0 Å². The molecule has 21 heavy (non-hydrogen) atoms. The molecule has 0 fully saturated rings. The zero-order chi connectivity index (χ0) is 15.2. The molecule has 2 aromatic rings. The van der Waals surface area contributed by atoms with Gasteiger partial charge in [0.05, 0.1) is 12.2 Å². The monoisotopic (exact) mass is 348 g/mol. The second kappa shape index (κ2) is 6.90. The maximum atomic E-state index is 11.9. The summed E-state index contributed by atoms with van der Waals surface area (Å²) in [5.41, 5.74) is 0.763. The first-order valence-corrected chi connectivity index (χ1v) is 6.97. The van der Waals surface area contributed by atoms with Gasteiger partial charge in [0.25, 0.3) is 5.91 Å². The van der Waals surface area contributed by atoms with Crippen LogP contribution in [0.4, 0.5) is 5.69 Å². The molecule has 0 aliphatic heterocycles. The third kappa shape index (κ3) is 4.32. The summed E-state index contributed by atoms with van der Waals surface area (Å²) in [7, 11) is 0. The van der Waals surface area contributed by atoms with Crippen molar-refractivity contribution in [2.24, 2.45) is 0 Å². The number of nitrogens with one attached hydrogen (secondary N) is 2. The third-order valence-electron chi connectivity index (χ3n) is 2.67. The summed E-state index contributed by atoms with van der Waals surface area (Å²) >= 11 is 3.28. The number of phenols is 1. The zero-order valence-electron chi connectivity index (χ0n) is 11.0. The summed E-state index contributed by atoms with van der Waals surface area (Å²) in [5.74, 6) is -0.784. The first-order valence-electron chi connectivity index (χ1n) is 6.18. The number of anilines is 1. The largest absolute Gasteiger partial charge is 0.506 e. The molecule has 0 heterocycles. The quantitative estimate of drug-likeness (QED) is 0.743. The predicted molar refractivity (Wildman–Crippen MR) is 83.2 cm³/mol. The van der Waals surface area contributed by atoms with E-state index in [0.717, 1.165) is 4.47 Å². The Labute approximate surface area is 130 Å². The lowest BCUT2D eigenvalue weighted by atomic mass is 10.2. The average Bonchev–Trinajstić information content (AvgIpc) is 2.47. The summed E-state index contributed by atoms with van der Waals surface area (Å²) in [4.78, 5) is 23.6. The highest BCUT2D eigenvalue weighted by atomic mass is 79.9. The number of amides is 2. The molecule has 0 saturated heterocycles. The molecular formula is C15H13BrN2O3. The van der Waals surface area contributed by atoms with Crippen LogP contribution in [-0.2, 0) is 4.79 Å². The Balaban J connectivity index is 1.90. The number of aromatic hydroxyl groups is 1. The van der Waals surface area contributed by atoms with Crippen molar-refractivity contribution >= 4 is 33.4 Å². The summed E-state index contributed by atoms with van der Waals surface area (Å²) in [6.45, 7) is -0.181. The van der Waals surface area contributed by atoms with Gasteiger partial charge in [0, 0.05) is 10.0 Å². The van der Waals surface area contributed by atoms with E-state index in [0.29, 0.717) is 11.3 Å². The molecule has 3 N–H and O–H groups in total. The van der Waals surface area contributed by atoms with E-state index in [1.54, 1.807) is 36.4 Å². The van der Waals surface area contributed by atoms with Crippen LogP contribution in [0.5, 0.6) is 5.75 Å². The Morgan fingerprint density at radius 2 is 1.86 bits per heavy atom. The van der Waals surface area contributed by atoms with Crippen LogP contribution in [0.3, 0.4) is 0 Å². The highest BCUT2D eigenvalue weighted by Crippen LogP contribution is 2.21. The average molecular weight is 349 g/mol. The van der Waals surface area contributed by atoms with Crippen LogP contribution in [0.2, 0.25) is 0 Å². The molecule has 6 heteroatoms. The van der Waals surface area contributed by atoms with Crippen molar-refractivity contribution in [2.75, 3.05) is 11.9 Å². The summed E-state index contributed by atoms with van der Waals surface area (Å²) in [5, 5.41) is 14.6. The lowest BCUT2D eigenvalue weighted by molar-refractivity contribution is -0.115.